The van der Waals surface area contributed by atoms with Crippen LogP contribution < -0.4 is 16.0 Å². The quantitative estimate of drug-likeness (QED) is 0.499. The average molecular weight is 487 g/mol. The highest BCUT2D eigenvalue weighted by Gasteiger charge is 2.35. The summed E-state index contributed by atoms with van der Waals surface area (Å²) in [6.07, 6.45) is 0.365. The van der Waals surface area contributed by atoms with Crippen LogP contribution in [0.25, 0.3) is 22.8 Å². The third-order valence-corrected chi connectivity index (χ3v) is 5.75. The van der Waals surface area contributed by atoms with E-state index in [0.717, 1.165) is 25.0 Å². The first-order valence-electron chi connectivity index (χ1n) is 11.0. The van der Waals surface area contributed by atoms with Gasteiger partial charge in [-0.25, -0.2) is 15.0 Å². The van der Waals surface area contributed by atoms with Crippen LogP contribution in [-0.2, 0) is 17.4 Å². The van der Waals surface area contributed by atoms with E-state index in [1.807, 2.05) is 0 Å². The predicted octanol–water partition coefficient (Wildman–Crippen LogP) is 3.76. The lowest BCUT2D eigenvalue weighted by molar-refractivity contribution is -0.137. The predicted molar refractivity (Wildman–Crippen MR) is 121 cm³/mol. The zero-order chi connectivity index (χ0) is 25.4. The Kier molecular flexibility index (Phi) is 6.35. The van der Waals surface area contributed by atoms with E-state index in [2.05, 4.69) is 19.9 Å². The van der Waals surface area contributed by atoms with Crippen LogP contribution in [0.1, 0.15) is 37.8 Å². The van der Waals surface area contributed by atoms with Gasteiger partial charge >= 0.3 is 6.18 Å². The maximum absolute atomic E-state index is 13.8. The lowest BCUT2D eigenvalue weighted by atomic mass is 9.84. The minimum atomic E-state index is -4.71. The van der Waals surface area contributed by atoms with Crippen molar-refractivity contribution in [2.45, 2.75) is 39.3 Å². The fraction of sp³-hybridized carbons (Fsp3) is 0.375. The number of ether oxygens (including phenoxy) is 1. The van der Waals surface area contributed by atoms with E-state index in [0.29, 0.717) is 24.0 Å². The molecule has 0 radical (unpaired) electrons. The number of hydrogen-bond acceptors (Lipinski definition) is 6. The molecule has 1 saturated carbocycles. The molecule has 1 aromatic carbocycles. The van der Waals surface area contributed by atoms with Crippen molar-refractivity contribution >= 4 is 5.91 Å². The molecule has 8 nitrogen and oxygen atoms in total. The van der Waals surface area contributed by atoms with Crippen LogP contribution in [0.15, 0.2) is 41.5 Å². The van der Waals surface area contributed by atoms with Gasteiger partial charge in [0, 0.05) is 17.0 Å². The molecular weight excluding hydrogens is 463 g/mol. The standard InChI is InChI=1S/C24H24F3N5O3/c1-23(2,22(28)34)9-14-5-6-16(24(25,26)27)15(7-14)21-31-17(8-19(33)32-21)18-10-30-20(11-29-18)35-12-13-3-4-13/h5-8,10-11,13H,3-4,9,12H2,1-2H3,(H2,28,34)(H,31,32,33). The molecule has 1 fully saturated rings. The summed E-state index contributed by atoms with van der Waals surface area (Å²) in [7, 11) is 0. The molecule has 0 saturated heterocycles. The number of primary amides is 1. The van der Waals surface area contributed by atoms with Crippen molar-refractivity contribution in [1.82, 2.24) is 19.9 Å². The van der Waals surface area contributed by atoms with Gasteiger partial charge in [0.2, 0.25) is 11.8 Å². The van der Waals surface area contributed by atoms with Crippen molar-refractivity contribution in [3.8, 4) is 28.7 Å². The van der Waals surface area contributed by atoms with Gasteiger partial charge in [-0.2, -0.15) is 13.2 Å². The highest BCUT2D eigenvalue weighted by molar-refractivity contribution is 5.80. The molecule has 184 valence electrons. The smallest absolute Gasteiger partial charge is 0.417 e. The van der Waals surface area contributed by atoms with Gasteiger partial charge in [-0.15, -0.1) is 0 Å². The third kappa shape index (κ3) is 5.84. The molecule has 0 atom stereocenters. The molecule has 3 N–H and O–H groups in total. The van der Waals surface area contributed by atoms with Crippen molar-refractivity contribution in [3.05, 3.63) is 58.1 Å². The van der Waals surface area contributed by atoms with Crippen molar-refractivity contribution in [3.63, 3.8) is 0 Å². The Morgan fingerprint density at radius 3 is 2.49 bits per heavy atom. The highest BCUT2D eigenvalue weighted by atomic mass is 19.4. The Balaban J connectivity index is 1.72. The van der Waals surface area contributed by atoms with Crippen LogP contribution in [0.3, 0.4) is 0 Å². The molecule has 4 rings (SSSR count). The number of benzene rings is 1. The third-order valence-electron chi connectivity index (χ3n) is 5.75. The van der Waals surface area contributed by atoms with Crippen LogP contribution >= 0.6 is 0 Å². The molecule has 1 aliphatic carbocycles. The van der Waals surface area contributed by atoms with Crippen molar-refractivity contribution in [2.24, 2.45) is 17.1 Å². The van der Waals surface area contributed by atoms with Gasteiger partial charge in [0.05, 0.1) is 30.3 Å². The second kappa shape index (κ2) is 9.12. The number of H-pyrrole nitrogens is 1. The van der Waals surface area contributed by atoms with Crippen LogP contribution in [0, 0.1) is 11.3 Å². The summed E-state index contributed by atoms with van der Waals surface area (Å²) in [5, 5.41) is 0. The minimum Gasteiger partial charge on any atom is -0.476 e. The number of rotatable bonds is 8. The van der Waals surface area contributed by atoms with E-state index in [4.69, 9.17) is 10.5 Å². The number of alkyl halides is 3. The number of halogens is 3. The van der Waals surface area contributed by atoms with Crippen molar-refractivity contribution in [1.29, 1.82) is 0 Å². The Morgan fingerprint density at radius 2 is 1.89 bits per heavy atom. The summed E-state index contributed by atoms with van der Waals surface area (Å²) in [5.74, 6) is -0.0274. The van der Waals surface area contributed by atoms with E-state index in [9.17, 15) is 22.8 Å². The Labute approximate surface area is 198 Å². The van der Waals surface area contributed by atoms with Crippen LogP contribution in [0.5, 0.6) is 5.88 Å². The SMILES string of the molecule is CC(C)(Cc1ccc(C(F)(F)F)c(-c2nc(-c3cnc(OCC4CC4)cn3)cc(=O)[nH]2)c1)C(N)=O. The topological polar surface area (TPSA) is 124 Å². The minimum absolute atomic E-state index is 0.0565. The van der Waals surface area contributed by atoms with Crippen LogP contribution in [0.2, 0.25) is 0 Å². The zero-order valence-corrected chi connectivity index (χ0v) is 19.1. The number of amides is 1. The molecule has 1 aliphatic rings. The molecule has 0 unspecified atom stereocenters. The summed E-state index contributed by atoms with van der Waals surface area (Å²) >= 11 is 0. The molecule has 35 heavy (non-hydrogen) atoms. The second-order valence-electron chi connectivity index (χ2n) is 9.28. The maximum atomic E-state index is 13.8. The van der Waals surface area contributed by atoms with Crippen LogP contribution in [0.4, 0.5) is 13.2 Å². The summed E-state index contributed by atoms with van der Waals surface area (Å²) in [5.41, 5.74) is 3.16. The van der Waals surface area contributed by atoms with E-state index in [1.54, 1.807) is 13.8 Å². The van der Waals surface area contributed by atoms with Crippen molar-refractivity contribution < 1.29 is 22.7 Å². The monoisotopic (exact) mass is 487 g/mol. The zero-order valence-electron chi connectivity index (χ0n) is 19.1. The second-order valence-corrected chi connectivity index (χ2v) is 9.28. The molecule has 0 bridgehead atoms. The number of nitrogens with two attached hydrogens (primary N) is 1. The van der Waals surface area contributed by atoms with Crippen molar-refractivity contribution in [2.75, 3.05) is 6.61 Å². The van der Waals surface area contributed by atoms with Gasteiger partial charge in [-0.3, -0.25) is 9.59 Å². The highest BCUT2D eigenvalue weighted by Crippen LogP contribution is 2.37. The summed E-state index contributed by atoms with van der Waals surface area (Å²) < 4.78 is 47.0. The van der Waals surface area contributed by atoms with Crippen LogP contribution in [-0.4, -0.2) is 32.4 Å². The number of nitrogens with zero attached hydrogens (tertiary/aromatic N) is 3. The number of hydrogen-bond donors (Lipinski definition) is 2. The average Bonchev–Trinajstić information content (AvgIpc) is 3.61. The van der Waals surface area contributed by atoms with E-state index in [1.165, 1.54) is 24.5 Å². The molecule has 1 amide bonds. The summed E-state index contributed by atoms with van der Waals surface area (Å²) in [4.78, 5) is 39.1. The molecule has 2 aromatic heterocycles. The first-order valence-corrected chi connectivity index (χ1v) is 11.0. The Hall–Kier alpha value is -3.76. The Morgan fingerprint density at radius 1 is 1.14 bits per heavy atom. The van der Waals surface area contributed by atoms with Gasteiger partial charge in [0.25, 0.3) is 5.56 Å². The van der Waals surface area contributed by atoms with Gasteiger partial charge in [-0.05, 0) is 42.9 Å². The van der Waals surface area contributed by atoms with Gasteiger partial charge in [0.15, 0.2) is 0 Å². The number of aromatic amines is 1. The fourth-order valence-corrected chi connectivity index (χ4v) is 3.47. The van der Waals surface area contributed by atoms with Gasteiger partial charge in [-0.1, -0.05) is 19.9 Å². The number of carbonyl (C=O) groups excluding carboxylic acids is 1. The summed E-state index contributed by atoms with van der Waals surface area (Å²) in [6, 6.07) is 4.58. The number of carbonyl (C=O) groups is 1. The van der Waals surface area contributed by atoms with Gasteiger partial charge in [0.1, 0.15) is 11.5 Å². The van der Waals surface area contributed by atoms with E-state index in [-0.39, 0.29) is 29.2 Å². The maximum Gasteiger partial charge on any atom is 0.417 e. The molecule has 2 heterocycles. The molecule has 0 spiro atoms. The molecular formula is C24H24F3N5O3. The fourth-order valence-electron chi connectivity index (χ4n) is 3.47. The first-order chi connectivity index (χ1) is 16.4. The number of nitrogens with one attached hydrogen (secondary N) is 1. The first kappa shape index (κ1) is 24.4. The molecule has 11 heteroatoms. The Bertz CT molecular complexity index is 1300. The van der Waals surface area contributed by atoms with E-state index >= 15 is 0 Å². The molecule has 3 aromatic rings. The number of aromatic nitrogens is 4. The van der Waals surface area contributed by atoms with Gasteiger partial charge < -0.3 is 15.5 Å². The normalized spacial score (nSPS) is 14.1. The molecule has 0 aliphatic heterocycles. The summed E-state index contributed by atoms with van der Waals surface area (Å²) in [6.45, 7) is 3.75. The largest absolute Gasteiger partial charge is 0.476 e. The lowest BCUT2D eigenvalue weighted by Crippen LogP contribution is -2.33. The van der Waals surface area contributed by atoms with E-state index < -0.39 is 28.6 Å². The lowest BCUT2D eigenvalue weighted by Gasteiger charge is -2.21.